The molecule has 0 bridgehead atoms. The minimum atomic E-state index is -0.0574. The van der Waals surface area contributed by atoms with Crippen molar-refractivity contribution < 1.29 is 5.11 Å². The minimum absolute atomic E-state index is 0.0574. The van der Waals surface area contributed by atoms with Crippen LogP contribution in [-0.2, 0) is 0 Å². The Morgan fingerprint density at radius 3 is 2.00 bits per heavy atom. The smallest absolute Gasteiger partial charge is 0.0540 e. The summed E-state index contributed by atoms with van der Waals surface area (Å²) in [4.78, 5) is 0. The summed E-state index contributed by atoms with van der Waals surface area (Å²) >= 11 is 0. The van der Waals surface area contributed by atoms with Crippen LogP contribution in [0, 0.1) is 0 Å². The lowest BCUT2D eigenvalue weighted by Crippen LogP contribution is -2.04. The van der Waals surface area contributed by atoms with Crippen molar-refractivity contribution in [1.29, 1.82) is 0 Å². The maximum absolute atomic E-state index is 9.55. The van der Waals surface area contributed by atoms with Gasteiger partial charge in [0.15, 0.2) is 0 Å². The molecule has 1 nitrogen and oxygen atoms in total. The van der Waals surface area contributed by atoms with E-state index in [0.717, 1.165) is 19.3 Å². The fourth-order valence-corrected chi connectivity index (χ4v) is 2.04. The van der Waals surface area contributed by atoms with Crippen molar-refractivity contribution >= 4 is 0 Å². The third kappa shape index (κ3) is 13.6. The van der Waals surface area contributed by atoms with E-state index in [4.69, 9.17) is 0 Å². The van der Waals surface area contributed by atoms with Gasteiger partial charge in [-0.15, -0.1) is 0 Å². The number of hydrogen-bond donors (Lipinski definition) is 1. The van der Waals surface area contributed by atoms with Crippen molar-refractivity contribution in [3.8, 4) is 0 Å². The van der Waals surface area contributed by atoms with Gasteiger partial charge in [0.25, 0.3) is 0 Å². The van der Waals surface area contributed by atoms with Crippen LogP contribution in [0.4, 0.5) is 0 Å². The molecule has 17 heavy (non-hydrogen) atoms. The minimum Gasteiger partial charge on any atom is -0.393 e. The number of rotatable bonds is 12. The topological polar surface area (TPSA) is 20.2 Å². The molecule has 1 N–H and O–H groups in total. The first-order valence-electron chi connectivity index (χ1n) is 7.64. The molecular weight excluding hydrogens is 208 g/mol. The van der Waals surface area contributed by atoms with Crippen molar-refractivity contribution in [1.82, 2.24) is 0 Å². The number of aliphatic hydroxyl groups excluding tert-OH is 1. The van der Waals surface area contributed by atoms with Gasteiger partial charge in [0.2, 0.25) is 0 Å². The van der Waals surface area contributed by atoms with Gasteiger partial charge in [-0.05, 0) is 38.5 Å². The number of allylic oxidation sites excluding steroid dienone is 2. The molecule has 0 radical (unpaired) electrons. The van der Waals surface area contributed by atoms with Crippen LogP contribution in [0.2, 0.25) is 0 Å². The first-order chi connectivity index (χ1) is 8.31. The molecule has 0 aromatic carbocycles. The molecule has 0 fully saturated rings. The average molecular weight is 240 g/mol. The summed E-state index contributed by atoms with van der Waals surface area (Å²) in [5, 5.41) is 9.55. The highest BCUT2D eigenvalue weighted by Crippen LogP contribution is 2.09. The largest absolute Gasteiger partial charge is 0.393 e. The Hall–Kier alpha value is -0.300. The van der Waals surface area contributed by atoms with Gasteiger partial charge >= 0.3 is 0 Å². The molecule has 0 aliphatic carbocycles. The van der Waals surface area contributed by atoms with Crippen LogP contribution < -0.4 is 0 Å². The van der Waals surface area contributed by atoms with Gasteiger partial charge in [-0.25, -0.2) is 0 Å². The molecule has 0 aromatic rings. The first-order valence-corrected chi connectivity index (χ1v) is 7.64. The molecule has 1 heteroatoms. The predicted molar refractivity (Wildman–Crippen MR) is 77.3 cm³/mol. The summed E-state index contributed by atoms with van der Waals surface area (Å²) in [6, 6.07) is 0. The summed E-state index contributed by atoms with van der Waals surface area (Å²) in [7, 11) is 0. The summed E-state index contributed by atoms with van der Waals surface area (Å²) < 4.78 is 0. The fraction of sp³-hybridized carbons (Fsp3) is 0.875. The second-order valence-electron chi connectivity index (χ2n) is 5.05. The summed E-state index contributed by atoms with van der Waals surface area (Å²) in [6.45, 7) is 4.38. The lowest BCUT2D eigenvalue weighted by Gasteiger charge is -2.07. The average Bonchev–Trinajstić information content (AvgIpc) is 2.32. The molecule has 0 saturated carbocycles. The summed E-state index contributed by atoms with van der Waals surface area (Å²) in [5.74, 6) is 0. The molecule has 0 aromatic heterocycles. The predicted octanol–water partition coefficient (Wildman–Crippen LogP) is 5.23. The second kappa shape index (κ2) is 13.8. The van der Waals surface area contributed by atoms with Crippen molar-refractivity contribution in [3.05, 3.63) is 12.2 Å². The molecule has 0 saturated heterocycles. The maximum atomic E-state index is 9.55. The Morgan fingerprint density at radius 2 is 1.41 bits per heavy atom. The van der Waals surface area contributed by atoms with Crippen LogP contribution in [0.1, 0.15) is 84.5 Å². The van der Waals surface area contributed by atoms with E-state index in [0.29, 0.717) is 0 Å². The van der Waals surface area contributed by atoms with E-state index < -0.39 is 0 Å². The van der Waals surface area contributed by atoms with Crippen molar-refractivity contribution in [2.75, 3.05) is 0 Å². The van der Waals surface area contributed by atoms with E-state index in [2.05, 4.69) is 26.0 Å². The molecular formula is C16H32O. The lowest BCUT2D eigenvalue weighted by atomic mass is 10.1. The van der Waals surface area contributed by atoms with E-state index in [9.17, 15) is 5.11 Å². The monoisotopic (exact) mass is 240 g/mol. The Balaban J connectivity index is 3.13. The van der Waals surface area contributed by atoms with Gasteiger partial charge in [-0.2, -0.15) is 0 Å². The second-order valence-corrected chi connectivity index (χ2v) is 5.05. The van der Waals surface area contributed by atoms with Gasteiger partial charge in [0, 0.05) is 0 Å². The van der Waals surface area contributed by atoms with Gasteiger partial charge in [0.05, 0.1) is 6.10 Å². The van der Waals surface area contributed by atoms with E-state index in [-0.39, 0.29) is 6.10 Å². The molecule has 102 valence electrons. The third-order valence-electron chi connectivity index (χ3n) is 3.17. The van der Waals surface area contributed by atoms with Gasteiger partial charge in [-0.1, -0.05) is 58.1 Å². The zero-order valence-electron chi connectivity index (χ0n) is 12.0. The molecule has 1 atom stereocenters. The molecule has 1 unspecified atom stereocenters. The summed E-state index contributed by atoms with van der Waals surface area (Å²) in [6.07, 6.45) is 17.9. The molecule has 0 amide bonds. The van der Waals surface area contributed by atoms with Crippen LogP contribution >= 0.6 is 0 Å². The van der Waals surface area contributed by atoms with Gasteiger partial charge in [-0.3, -0.25) is 0 Å². The normalized spacial score (nSPS) is 13.4. The standard InChI is InChI=1S/C16H32O/c1-3-5-6-7-8-9-10-11-12-13-15-16(17)14-4-2/h9-10,16-17H,3-8,11-15H2,1-2H3/b10-9-. The Kier molecular flexibility index (Phi) is 13.5. The Labute approximate surface area is 108 Å². The van der Waals surface area contributed by atoms with Crippen LogP contribution in [0.15, 0.2) is 12.2 Å². The fourth-order valence-electron chi connectivity index (χ4n) is 2.04. The molecule has 0 aliphatic rings. The maximum Gasteiger partial charge on any atom is 0.0540 e. The SMILES string of the molecule is CCCCCC/C=C\CCCCC(O)CCC. The van der Waals surface area contributed by atoms with Crippen LogP contribution in [0.25, 0.3) is 0 Å². The van der Waals surface area contributed by atoms with Crippen molar-refractivity contribution in [3.63, 3.8) is 0 Å². The molecule has 0 heterocycles. The Morgan fingerprint density at radius 1 is 0.765 bits per heavy atom. The highest BCUT2D eigenvalue weighted by Gasteiger charge is 2.00. The number of unbranched alkanes of at least 4 members (excludes halogenated alkanes) is 6. The van der Waals surface area contributed by atoms with E-state index in [1.54, 1.807) is 0 Å². The quantitative estimate of drug-likeness (QED) is 0.365. The van der Waals surface area contributed by atoms with E-state index >= 15 is 0 Å². The van der Waals surface area contributed by atoms with E-state index in [1.165, 1.54) is 51.4 Å². The zero-order valence-corrected chi connectivity index (χ0v) is 12.0. The number of hydrogen-bond acceptors (Lipinski definition) is 1. The molecule has 0 rings (SSSR count). The highest BCUT2D eigenvalue weighted by molar-refractivity contribution is 4.81. The van der Waals surface area contributed by atoms with E-state index in [1.807, 2.05) is 0 Å². The zero-order chi connectivity index (χ0) is 12.8. The molecule has 0 aliphatic heterocycles. The first kappa shape index (κ1) is 16.7. The summed E-state index contributed by atoms with van der Waals surface area (Å²) in [5.41, 5.74) is 0. The Bertz CT molecular complexity index is 163. The van der Waals surface area contributed by atoms with Gasteiger partial charge < -0.3 is 5.11 Å². The lowest BCUT2D eigenvalue weighted by molar-refractivity contribution is 0.150. The molecule has 0 spiro atoms. The van der Waals surface area contributed by atoms with Crippen molar-refractivity contribution in [2.45, 2.75) is 90.6 Å². The number of aliphatic hydroxyl groups is 1. The van der Waals surface area contributed by atoms with Crippen LogP contribution in [0.5, 0.6) is 0 Å². The third-order valence-corrected chi connectivity index (χ3v) is 3.17. The van der Waals surface area contributed by atoms with Gasteiger partial charge in [0.1, 0.15) is 0 Å². The van der Waals surface area contributed by atoms with Crippen LogP contribution in [0.3, 0.4) is 0 Å². The van der Waals surface area contributed by atoms with Crippen molar-refractivity contribution in [2.24, 2.45) is 0 Å². The highest BCUT2D eigenvalue weighted by atomic mass is 16.3. The van der Waals surface area contributed by atoms with Crippen LogP contribution in [-0.4, -0.2) is 11.2 Å².